The Morgan fingerprint density at radius 2 is 2.14 bits per heavy atom. The Kier molecular flexibility index (Phi) is 4.29. The van der Waals surface area contributed by atoms with Gasteiger partial charge in [-0.1, -0.05) is 34.1 Å². The third-order valence-electron chi connectivity index (χ3n) is 2.22. The molecule has 0 fully saturated rings. The molecule has 0 radical (unpaired) electrons. The van der Waals surface area contributed by atoms with E-state index >= 15 is 0 Å². The molecule has 0 bridgehead atoms. The summed E-state index contributed by atoms with van der Waals surface area (Å²) in [7, 11) is 1.81. The second-order valence-corrected chi connectivity index (χ2v) is 4.10. The SMILES string of the molecule is CNC(Cc1ccccc1Br)C(C)=O. The van der Waals surface area contributed by atoms with E-state index < -0.39 is 0 Å². The fraction of sp³-hybridized carbons (Fsp3) is 0.364. The molecule has 1 aromatic carbocycles. The van der Waals surface area contributed by atoms with Crippen molar-refractivity contribution >= 4 is 21.7 Å². The van der Waals surface area contributed by atoms with E-state index in [2.05, 4.69) is 21.2 Å². The largest absolute Gasteiger partial charge is 0.310 e. The van der Waals surface area contributed by atoms with Crippen LogP contribution >= 0.6 is 15.9 Å². The van der Waals surface area contributed by atoms with Gasteiger partial charge in [0.25, 0.3) is 0 Å². The van der Waals surface area contributed by atoms with Crippen molar-refractivity contribution in [1.82, 2.24) is 5.32 Å². The normalized spacial score (nSPS) is 12.5. The number of likely N-dealkylation sites (N-methyl/N-ethyl adjacent to an activating group) is 1. The summed E-state index contributed by atoms with van der Waals surface area (Å²) in [5, 5.41) is 3.01. The molecule has 0 spiro atoms. The molecule has 1 rings (SSSR count). The molecular formula is C11H14BrNO. The van der Waals surface area contributed by atoms with Crippen molar-refractivity contribution in [1.29, 1.82) is 0 Å². The Morgan fingerprint density at radius 1 is 1.50 bits per heavy atom. The first kappa shape index (κ1) is 11.4. The molecule has 0 aliphatic rings. The van der Waals surface area contributed by atoms with E-state index in [0.29, 0.717) is 0 Å². The van der Waals surface area contributed by atoms with Crippen molar-refractivity contribution in [3.8, 4) is 0 Å². The highest BCUT2D eigenvalue weighted by molar-refractivity contribution is 9.10. The van der Waals surface area contributed by atoms with Gasteiger partial charge in [-0.25, -0.2) is 0 Å². The van der Waals surface area contributed by atoms with Gasteiger partial charge in [-0.15, -0.1) is 0 Å². The van der Waals surface area contributed by atoms with Crippen molar-refractivity contribution in [3.05, 3.63) is 34.3 Å². The van der Waals surface area contributed by atoms with E-state index in [1.165, 1.54) is 0 Å². The molecule has 0 amide bonds. The summed E-state index contributed by atoms with van der Waals surface area (Å²) in [6, 6.07) is 7.87. The van der Waals surface area contributed by atoms with E-state index in [9.17, 15) is 4.79 Å². The zero-order chi connectivity index (χ0) is 10.6. The Balaban J connectivity index is 2.77. The van der Waals surface area contributed by atoms with E-state index in [1.807, 2.05) is 31.3 Å². The summed E-state index contributed by atoms with van der Waals surface area (Å²) < 4.78 is 1.06. The third kappa shape index (κ3) is 2.93. The van der Waals surface area contributed by atoms with Crippen LogP contribution in [0, 0.1) is 0 Å². The van der Waals surface area contributed by atoms with Gasteiger partial charge >= 0.3 is 0 Å². The Morgan fingerprint density at radius 3 is 2.64 bits per heavy atom. The maximum absolute atomic E-state index is 11.2. The number of benzene rings is 1. The van der Waals surface area contributed by atoms with E-state index in [0.717, 1.165) is 16.5 Å². The van der Waals surface area contributed by atoms with Gasteiger partial charge in [0, 0.05) is 4.47 Å². The predicted octanol–water partition coefficient (Wildman–Crippen LogP) is 2.17. The number of carbonyl (C=O) groups is 1. The third-order valence-corrected chi connectivity index (χ3v) is 2.99. The van der Waals surface area contributed by atoms with Crippen molar-refractivity contribution in [3.63, 3.8) is 0 Å². The first-order chi connectivity index (χ1) is 6.65. The summed E-state index contributed by atoms with van der Waals surface area (Å²) in [6.07, 6.45) is 0.729. The molecular weight excluding hydrogens is 242 g/mol. The van der Waals surface area contributed by atoms with Gasteiger partial charge in [0.1, 0.15) is 5.78 Å². The molecule has 0 saturated heterocycles. The zero-order valence-corrected chi connectivity index (χ0v) is 9.97. The van der Waals surface area contributed by atoms with Crippen LogP contribution in [0.1, 0.15) is 12.5 Å². The highest BCUT2D eigenvalue weighted by Gasteiger charge is 2.13. The van der Waals surface area contributed by atoms with Crippen molar-refractivity contribution < 1.29 is 4.79 Å². The summed E-state index contributed by atoms with van der Waals surface area (Å²) in [5.74, 6) is 0.170. The van der Waals surface area contributed by atoms with Crippen LogP contribution in [0.3, 0.4) is 0 Å². The molecule has 14 heavy (non-hydrogen) atoms. The van der Waals surface area contributed by atoms with E-state index in [1.54, 1.807) is 6.92 Å². The molecule has 1 N–H and O–H groups in total. The number of hydrogen-bond acceptors (Lipinski definition) is 2. The number of nitrogens with one attached hydrogen (secondary N) is 1. The van der Waals surface area contributed by atoms with Crippen molar-refractivity contribution in [2.75, 3.05) is 7.05 Å². The van der Waals surface area contributed by atoms with E-state index in [-0.39, 0.29) is 11.8 Å². The number of rotatable bonds is 4. The molecule has 1 aromatic rings. The lowest BCUT2D eigenvalue weighted by Crippen LogP contribution is -2.34. The van der Waals surface area contributed by atoms with Crippen LogP contribution in [0.15, 0.2) is 28.7 Å². The van der Waals surface area contributed by atoms with Crippen LogP contribution in [0.4, 0.5) is 0 Å². The zero-order valence-electron chi connectivity index (χ0n) is 8.38. The van der Waals surface area contributed by atoms with Crippen LogP contribution < -0.4 is 5.32 Å². The minimum atomic E-state index is -0.0892. The minimum Gasteiger partial charge on any atom is -0.310 e. The van der Waals surface area contributed by atoms with Gasteiger partial charge < -0.3 is 5.32 Å². The summed E-state index contributed by atoms with van der Waals surface area (Å²) in [6.45, 7) is 1.61. The lowest BCUT2D eigenvalue weighted by Gasteiger charge is -2.13. The molecule has 76 valence electrons. The minimum absolute atomic E-state index is 0.0892. The fourth-order valence-electron chi connectivity index (χ4n) is 1.33. The Labute approximate surface area is 92.8 Å². The maximum Gasteiger partial charge on any atom is 0.147 e. The Bertz CT molecular complexity index is 325. The molecule has 1 atom stereocenters. The standard InChI is InChI=1S/C11H14BrNO/c1-8(14)11(13-2)7-9-5-3-4-6-10(9)12/h3-6,11,13H,7H2,1-2H3. The molecule has 1 unspecified atom stereocenters. The number of halogens is 1. The molecule has 0 aromatic heterocycles. The summed E-state index contributed by atoms with van der Waals surface area (Å²) in [5.41, 5.74) is 1.15. The smallest absolute Gasteiger partial charge is 0.147 e. The second kappa shape index (κ2) is 5.27. The lowest BCUT2D eigenvalue weighted by molar-refractivity contribution is -0.118. The topological polar surface area (TPSA) is 29.1 Å². The molecule has 0 saturated carbocycles. The van der Waals surface area contributed by atoms with Gasteiger partial charge in [-0.3, -0.25) is 4.79 Å². The van der Waals surface area contributed by atoms with Crippen LogP contribution in [0.25, 0.3) is 0 Å². The number of hydrogen-bond donors (Lipinski definition) is 1. The lowest BCUT2D eigenvalue weighted by atomic mass is 10.0. The molecule has 0 aliphatic carbocycles. The molecule has 0 aliphatic heterocycles. The molecule has 2 nitrogen and oxygen atoms in total. The number of carbonyl (C=O) groups excluding carboxylic acids is 1. The van der Waals surface area contributed by atoms with Gasteiger partial charge in [-0.2, -0.15) is 0 Å². The molecule has 3 heteroatoms. The number of ketones is 1. The Hall–Kier alpha value is -0.670. The van der Waals surface area contributed by atoms with Crippen LogP contribution in [0.5, 0.6) is 0 Å². The predicted molar refractivity (Wildman–Crippen MR) is 61.4 cm³/mol. The fourth-order valence-corrected chi connectivity index (χ4v) is 1.78. The van der Waals surface area contributed by atoms with Crippen molar-refractivity contribution in [2.24, 2.45) is 0 Å². The molecule has 0 heterocycles. The first-order valence-corrected chi connectivity index (χ1v) is 5.35. The monoisotopic (exact) mass is 255 g/mol. The summed E-state index contributed by atoms with van der Waals surface area (Å²) in [4.78, 5) is 11.2. The van der Waals surface area contributed by atoms with Crippen LogP contribution in [-0.4, -0.2) is 18.9 Å². The second-order valence-electron chi connectivity index (χ2n) is 3.25. The van der Waals surface area contributed by atoms with Gasteiger partial charge in [0.05, 0.1) is 6.04 Å². The maximum atomic E-state index is 11.2. The average Bonchev–Trinajstić information content (AvgIpc) is 2.16. The highest BCUT2D eigenvalue weighted by Crippen LogP contribution is 2.17. The van der Waals surface area contributed by atoms with Crippen LogP contribution in [0.2, 0.25) is 0 Å². The van der Waals surface area contributed by atoms with Gasteiger partial charge in [0.15, 0.2) is 0 Å². The first-order valence-electron chi connectivity index (χ1n) is 4.56. The van der Waals surface area contributed by atoms with Crippen LogP contribution in [-0.2, 0) is 11.2 Å². The average molecular weight is 256 g/mol. The highest BCUT2D eigenvalue weighted by atomic mass is 79.9. The van der Waals surface area contributed by atoms with Gasteiger partial charge in [-0.05, 0) is 32.0 Å². The quantitative estimate of drug-likeness (QED) is 0.894. The van der Waals surface area contributed by atoms with E-state index in [4.69, 9.17) is 0 Å². The van der Waals surface area contributed by atoms with Gasteiger partial charge in [0.2, 0.25) is 0 Å². The number of Topliss-reactive ketones (excluding diaryl/α,β-unsaturated/α-hetero) is 1. The van der Waals surface area contributed by atoms with Crippen molar-refractivity contribution in [2.45, 2.75) is 19.4 Å². The summed E-state index contributed by atoms with van der Waals surface area (Å²) >= 11 is 3.46.